The predicted molar refractivity (Wildman–Crippen MR) is 109 cm³/mol. The second-order valence-corrected chi connectivity index (χ2v) is 14.5. The smallest absolute Gasteiger partial charge is 0.407 e. The van der Waals surface area contributed by atoms with Crippen molar-refractivity contribution in [1.29, 1.82) is 0 Å². The Morgan fingerprint density at radius 2 is 2.03 bits per heavy atom. The van der Waals surface area contributed by atoms with Crippen LogP contribution >= 0.6 is 11.6 Å². The minimum Gasteiger partial charge on any atom is -0.465 e. The summed E-state index contributed by atoms with van der Waals surface area (Å²) in [4.78, 5) is 24.6. The van der Waals surface area contributed by atoms with Gasteiger partial charge in [0, 0.05) is 26.9 Å². The van der Waals surface area contributed by atoms with Gasteiger partial charge in [0.05, 0.1) is 17.6 Å². The molecule has 2 atom stereocenters. The van der Waals surface area contributed by atoms with E-state index in [2.05, 4.69) is 25.0 Å². The first-order chi connectivity index (χ1) is 13.4. The summed E-state index contributed by atoms with van der Waals surface area (Å²) >= 11 is 5.99. The van der Waals surface area contributed by atoms with Crippen LogP contribution in [0.25, 0.3) is 0 Å². The first-order valence-electron chi connectivity index (χ1n) is 9.47. The molecule has 1 fully saturated rings. The van der Waals surface area contributed by atoms with Gasteiger partial charge < -0.3 is 24.6 Å². The molecule has 164 valence electrons. The van der Waals surface area contributed by atoms with Gasteiger partial charge in [-0.25, -0.2) is 13.6 Å². The summed E-state index contributed by atoms with van der Waals surface area (Å²) < 4.78 is 35.9. The number of hydrogen-bond donors (Lipinski definition) is 2. The SMILES string of the molecule is Cc1c(Cl)c(F)c(C(=O)N[C@@H]2CCN(C(=O)O)C[C@@H]2F)n1COCC[Si](C)(C)C. The number of aromatic nitrogens is 1. The fourth-order valence-electron chi connectivity index (χ4n) is 3.06. The number of hydrogen-bond acceptors (Lipinski definition) is 3. The summed E-state index contributed by atoms with van der Waals surface area (Å²) in [6, 6.07) is 0.00394. The summed E-state index contributed by atoms with van der Waals surface area (Å²) in [5.41, 5.74) is 0.0354. The van der Waals surface area contributed by atoms with Crippen LogP contribution in [-0.2, 0) is 11.5 Å². The number of nitrogens with one attached hydrogen (secondary N) is 1. The minimum atomic E-state index is -1.58. The molecule has 0 saturated carbocycles. The van der Waals surface area contributed by atoms with Gasteiger partial charge in [0.1, 0.15) is 18.6 Å². The molecule has 7 nitrogen and oxygen atoms in total. The van der Waals surface area contributed by atoms with Gasteiger partial charge in [0.25, 0.3) is 5.91 Å². The maximum atomic E-state index is 14.6. The van der Waals surface area contributed by atoms with E-state index in [0.717, 1.165) is 10.9 Å². The molecular weight excluding hydrogens is 424 g/mol. The van der Waals surface area contributed by atoms with Crippen LogP contribution in [0.4, 0.5) is 13.6 Å². The van der Waals surface area contributed by atoms with E-state index < -0.39 is 38.1 Å². The summed E-state index contributed by atoms with van der Waals surface area (Å²) in [5.74, 6) is -1.68. The lowest BCUT2D eigenvalue weighted by Gasteiger charge is -2.33. The Hall–Kier alpha value is -1.65. The molecule has 1 aromatic heterocycles. The lowest BCUT2D eigenvalue weighted by atomic mass is 10.0. The zero-order valence-electron chi connectivity index (χ0n) is 17.1. The molecule has 0 spiro atoms. The van der Waals surface area contributed by atoms with Gasteiger partial charge >= 0.3 is 6.09 Å². The number of amides is 2. The average Bonchev–Trinajstić information content (AvgIpc) is 2.83. The quantitative estimate of drug-likeness (QED) is 0.488. The fraction of sp³-hybridized carbons (Fsp3) is 0.667. The highest BCUT2D eigenvalue weighted by atomic mass is 35.5. The summed E-state index contributed by atoms with van der Waals surface area (Å²) in [6.45, 7) is 8.37. The van der Waals surface area contributed by atoms with Crippen molar-refractivity contribution in [2.24, 2.45) is 0 Å². The van der Waals surface area contributed by atoms with Crippen molar-refractivity contribution in [2.75, 3.05) is 19.7 Å². The van der Waals surface area contributed by atoms with Crippen LogP contribution in [0, 0.1) is 12.7 Å². The molecule has 2 heterocycles. The molecule has 2 amide bonds. The third-order valence-corrected chi connectivity index (χ3v) is 7.10. The Labute approximate surface area is 175 Å². The van der Waals surface area contributed by atoms with Gasteiger partial charge in [-0.1, -0.05) is 31.2 Å². The monoisotopic (exact) mass is 451 g/mol. The molecule has 1 aromatic rings. The van der Waals surface area contributed by atoms with E-state index in [-0.39, 0.29) is 37.0 Å². The zero-order chi connectivity index (χ0) is 21.9. The molecule has 29 heavy (non-hydrogen) atoms. The van der Waals surface area contributed by atoms with Crippen LogP contribution in [0.15, 0.2) is 0 Å². The molecule has 0 unspecified atom stereocenters. The van der Waals surface area contributed by atoms with Crippen LogP contribution in [0.1, 0.15) is 22.6 Å². The Kier molecular flexibility index (Phi) is 7.69. The number of nitrogens with zero attached hydrogens (tertiary/aromatic N) is 2. The second kappa shape index (κ2) is 9.44. The number of ether oxygens (including phenoxy) is 1. The van der Waals surface area contributed by atoms with Crippen molar-refractivity contribution < 1.29 is 28.2 Å². The number of piperidine rings is 1. The minimum absolute atomic E-state index is 0.0424. The van der Waals surface area contributed by atoms with Crippen molar-refractivity contribution in [3.8, 4) is 0 Å². The molecule has 2 rings (SSSR count). The zero-order valence-corrected chi connectivity index (χ0v) is 18.9. The van der Waals surface area contributed by atoms with Crippen LogP contribution in [0.5, 0.6) is 0 Å². The van der Waals surface area contributed by atoms with Crippen molar-refractivity contribution in [3.63, 3.8) is 0 Å². The molecular formula is C18H28ClF2N3O4Si. The highest BCUT2D eigenvalue weighted by Crippen LogP contribution is 2.27. The molecule has 2 N–H and O–H groups in total. The maximum absolute atomic E-state index is 14.6. The highest BCUT2D eigenvalue weighted by Gasteiger charge is 2.34. The van der Waals surface area contributed by atoms with E-state index >= 15 is 0 Å². The number of likely N-dealkylation sites (tertiary alicyclic amines) is 1. The van der Waals surface area contributed by atoms with E-state index in [1.54, 1.807) is 6.92 Å². The summed E-state index contributed by atoms with van der Waals surface area (Å²) in [5, 5.41) is 11.3. The number of carbonyl (C=O) groups is 2. The number of rotatable bonds is 7. The van der Waals surface area contributed by atoms with Gasteiger partial charge in [-0.05, 0) is 19.4 Å². The Bertz CT molecular complexity index is 769. The van der Waals surface area contributed by atoms with Crippen LogP contribution in [-0.4, -0.2) is 66.6 Å². The van der Waals surface area contributed by atoms with Gasteiger partial charge in [0.2, 0.25) is 0 Å². The molecule has 0 aliphatic carbocycles. The molecule has 0 aromatic carbocycles. The van der Waals surface area contributed by atoms with Crippen molar-refractivity contribution in [3.05, 3.63) is 22.2 Å². The van der Waals surface area contributed by atoms with Gasteiger partial charge in [-0.15, -0.1) is 0 Å². The largest absolute Gasteiger partial charge is 0.465 e. The molecule has 1 saturated heterocycles. The first-order valence-corrected chi connectivity index (χ1v) is 13.6. The second-order valence-electron chi connectivity index (χ2n) is 8.45. The third kappa shape index (κ3) is 5.92. The molecule has 1 aliphatic rings. The van der Waals surface area contributed by atoms with Crippen molar-refractivity contribution in [2.45, 2.75) is 58.0 Å². The molecule has 0 radical (unpaired) electrons. The lowest BCUT2D eigenvalue weighted by molar-refractivity contribution is 0.0688. The maximum Gasteiger partial charge on any atom is 0.407 e. The third-order valence-electron chi connectivity index (χ3n) is 4.95. The Morgan fingerprint density at radius 3 is 2.59 bits per heavy atom. The van der Waals surface area contributed by atoms with Crippen LogP contribution in [0.3, 0.4) is 0 Å². The van der Waals surface area contributed by atoms with Crippen LogP contribution < -0.4 is 5.32 Å². The van der Waals surface area contributed by atoms with Gasteiger partial charge in [-0.2, -0.15) is 0 Å². The van der Waals surface area contributed by atoms with Crippen molar-refractivity contribution in [1.82, 2.24) is 14.8 Å². The van der Waals surface area contributed by atoms with E-state index in [9.17, 15) is 18.4 Å². The van der Waals surface area contributed by atoms with Crippen LogP contribution in [0.2, 0.25) is 30.7 Å². The van der Waals surface area contributed by atoms with E-state index in [1.807, 2.05) is 0 Å². The fourth-order valence-corrected chi connectivity index (χ4v) is 4.01. The standard InChI is InChI=1S/C18H28ClF2N3O4Si/c1-11-14(19)15(21)16(24(11)10-28-7-8-29(2,3)4)17(25)22-13-5-6-23(18(26)27)9-12(13)20/h12-13H,5-10H2,1-4H3,(H,22,25)(H,26,27)/t12-,13+/m0/s1. The average molecular weight is 452 g/mol. The number of carboxylic acid groups (broad SMARTS) is 1. The summed E-state index contributed by atoms with van der Waals surface area (Å²) in [6.07, 6.45) is -2.70. The first kappa shape index (κ1) is 23.6. The summed E-state index contributed by atoms with van der Waals surface area (Å²) in [7, 11) is -1.30. The Morgan fingerprint density at radius 1 is 1.38 bits per heavy atom. The molecule has 11 heteroatoms. The normalized spacial score (nSPS) is 20.0. The lowest BCUT2D eigenvalue weighted by Crippen LogP contribution is -2.53. The van der Waals surface area contributed by atoms with E-state index in [1.165, 1.54) is 4.57 Å². The number of alkyl halides is 1. The molecule has 1 aliphatic heterocycles. The number of halogens is 3. The van der Waals surface area contributed by atoms with Gasteiger partial charge in [0.15, 0.2) is 5.82 Å². The topological polar surface area (TPSA) is 83.8 Å². The number of carbonyl (C=O) groups excluding carboxylic acids is 1. The highest BCUT2D eigenvalue weighted by molar-refractivity contribution is 6.76. The Balaban J connectivity index is 2.09. The predicted octanol–water partition coefficient (Wildman–Crippen LogP) is 3.72. The molecule has 0 bridgehead atoms. The van der Waals surface area contributed by atoms with Gasteiger partial charge in [-0.3, -0.25) is 4.79 Å². The van der Waals surface area contributed by atoms with E-state index in [0.29, 0.717) is 12.3 Å². The van der Waals surface area contributed by atoms with E-state index in [4.69, 9.17) is 21.4 Å². The van der Waals surface area contributed by atoms with Crippen molar-refractivity contribution >= 4 is 31.7 Å².